The van der Waals surface area contributed by atoms with E-state index in [-0.39, 0.29) is 5.82 Å². The Balaban J connectivity index is 2.07. The topological polar surface area (TPSA) is 15.3 Å². The molecule has 0 saturated carbocycles. The molecule has 0 amide bonds. The Morgan fingerprint density at radius 3 is 2.94 bits per heavy atom. The first-order chi connectivity index (χ1) is 8.08. The number of nitrogens with one attached hydrogen (secondary N) is 1. The number of hydrogen-bond acceptors (Lipinski definition) is 2. The molecular weight excluding hydrogens is 330 g/mol. The highest BCUT2D eigenvalue weighted by atomic mass is 127. The van der Waals surface area contributed by atoms with E-state index in [0.29, 0.717) is 12.1 Å². The summed E-state index contributed by atoms with van der Waals surface area (Å²) in [5, 5.41) is 3.54. The molecule has 1 aromatic rings. The van der Waals surface area contributed by atoms with Crippen LogP contribution in [-0.2, 0) is 0 Å². The van der Waals surface area contributed by atoms with Crippen molar-refractivity contribution in [2.75, 3.05) is 18.0 Å². The first-order valence-electron chi connectivity index (χ1n) is 6.03. The lowest BCUT2D eigenvalue weighted by atomic mass is 10.2. The van der Waals surface area contributed by atoms with E-state index in [9.17, 15) is 4.39 Å². The molecule has 0 aliphatic carbocycles. The maximum absolute atomic E-state index is 13.5. The Morgan fingerprint density at radius 2 is 2.24 bits per heavy atom. The molecule has 0 spiro atoms. The largest absolute Gasteiger partial charge is 0.369 e. The van der Waals surface area contributed by atoms with Crippen LogP contribution >= 0.6 is 22.6 Å². The van der Waals surface area contributed by atoms with E-state index in [1.165, 1.54) is 6.07 Å². The van der Waals surface area contributed by atoms with Gasteiger partial charge in [0.05, 0.1) is 9.26 Å². The second-order valence-electron chi connectivity index (χ2n) is 4.83. The van der Waals surface area contributed by atoms with Crippen LogP contribution in [0.15, 0.2) is 18.2 Å². The molecule has 0 aromatic heterocycles. The highest BCUT2D eigenvalue weighted by molar-refractivity contribution is 14.1. The van der Waals surface area contributed by atoms with Crippen LogP contribution < -0.4 is 10.2 Å². The first-order valence-corrected chi connectivity index (χ1v) is 7.11. The number of nitrogens with zero attached hydrogens (tertiary/aromatic N) is 1. The summed E-state index contributed by atoms with van der Waals surface area (Å²) in [5.41, 5.74) is 1.03. The van der Waals surface area contributed by atoms with Gasteiger partial charge in [-0.2, -0.15) is 0 Å². The molecule has 1 aromatic carbocycles. The van der Waals surface area contributed by atoms with E-state index in [0.717, 1.165) is 28.8 Å². The Labute approximate surface area is 116 Å². The van der Waals surface area contributed by atoms with Crippen LogP contribution in [-0.4, -0.2) is 25.2 Å². The molecule has 17 heavy (non-hydrogen) atoms. The molecule has 0 bridgehead atoms. The maximum atomic E-state index is 13.5. The van der Waals surface area contributed by atoms with Gasteiger partial charge in [-0.15, -0.1) is 0 Å². The highest BCUT2D eigenvalue weighted by Gasteiger charge is 2.24. The van der Waals surface area contributed by atoms with E-state index in [1.807, 2.05) is 6.07 Å². The van der Waals surface area contributed by atoms with Crippen LogP contribution in [0.2, 0.25) is 0 Å². The third kappa shape index (κ3) is 3.10. The summed E-state index contributed by atoms with van der Waals surface area (Å²) in [6, 6.07) is 6.34. The maximum Gasteiger partial charge on any atom is 0.138 e. The first kappa shape index (κ1) is 13.1. The van der Waals surface area contributed by atoms with E-state index in [1.54, 1.807) is 6.07 Å². The molecule has 2 nitrogen and oxygen atoms in total. The third-order valence-electron chi connectivity index (χ3n) is 3.03. The predicted octanol–water partition coefficient (Wildman–Crippen LogP) is 3.01. The fourth-order valence-corrected chi connectivity index (χ4v) is 3.02. The summed E-state index contributed by atoms with van der Waals surface area (Å²) in [5.74, 6) is -0.122. The number of anilines is 1. The van der Waals surface area contributed by atoms with Gasteiger partial charge in [0.2, 0.25) is 0 Å². The lowest BCUT2D eigenvalue weighted by Crippen LogP contribution is -2.37. The average Bonchev–Trinajstić information content (AvgIpc) is 2.69. The summed E-state index contributed by atoms with van der Waals surface area (Å²) >= 11 is 2.09. The van der Waals surface area contributed by atoms with E-state index < -0.39 is 0 Å². The summed E-state index contributed by atoms with van der Waals surface area (Å²) in [7, 11) is 0. The molecule has 1 saturated heterocycles. The zero-order valence-electron chi connectivity index (χ0n) is 10.2. The number of rotatable bonds is 3. The van der Waals surface area contributed by atoms with Gasteiger partial charge in [-0.3, -0.25) is 0 Å². The number of hydrogen-bond donors (Lipinski definition) is 1. The van der Waals surface area contributed by atoms with Gasteiger partial charge in [-0.05, 0) is 41.1 Å². The lowest BCUT2D eigenvalue weighted by Gasteiger charge is -2.21. The van der Waals surface area contributed by atoms with Crippen LogP contribution in [0.3, 0.4) is 0 Å². The van der Waals surface area contributed by atoms with Crippen LogP contribution in [0.4, 0.5) is 10.1 Å². The van der Waals surface area contributed by atoms with Crippen LogP contribution in [0.1, 0.15) is 20.3 Å². The van der Waals surface area contributed by atoms with E-state index in [2.05, 4.69) is 46.7 Å². The molecule has 0 radical (unpaired) electrons. The van der Waals surface area contributed by atoms with Gasteiger partial charge in [-0.25, -0.2) is 4.39 Å². The van der Waals surface area contributed by atoms with Crippen molar-refractivity contribution in [3.63, 3.8) is 0 Å². The molecule has 94 valence electrons. The Morgan fingerprint density at radius 1 is 1.47 bits per heavy atom. The molecule has 1 heterocycles. The van der Waals surface area contributed by atoms with Crippen molar-refractivity contribution in [3.8, 4) is 0 Å². The Hall–Kier alpha value is -0.360. The SMILES string of the molecule is CC(C)NC1CCN(c2cccc(F)c2I)C1. The van der Waals surface area contributed by atoms with Crippen molar-refractivity contribution in [2.45, 2.75) is 32.4 Å². The summed E-state index contributed by atoms with van der Waals surface area (Å²) in [6.45, 7) is 6.30. The minimum Gasteiger partial charge on any atom is -0.369 e. The summed E-state index contributed by atoms with van der Waals surface area (Å²) in [4.78, 5) is 2.27. The van der Waals surface area contributed by atoms with Crippen LogP contribution in [0, 0.1) is 9.39 Å². The van der Waals surface area contributed by atoms with Gasteiger partial charge in [-0.1, -0.05) is 19.9 Å². The van der Waals surface area contributed by atoms with Gasteiger partial charge < -0.3 is 10.2 Å². The van der Waals surface area contributed by atoms with Crippen molar-refractivity contribution in [2.24, 2.45) is 0 Å². The van der Waals surface area contributed by atoms with Crippen molar-refractivity contribution in [1.29, 1.82) is 0 Å². The highest BCUT2D eigenvalue weighted by Crippen LogP contribution is 2.27. The molecule has 1 atom stereocenters. The smallest absolute Gasteiger partial charge is 0.138 e. The minimum atomic E-state index is -0.122. The zero-order valence-corrected chi connectivity index (χ0v) is 12.4. The molecule has 1 fully saturated rings. The zero-order chi connectivity index (χ0) is 12.4. The van der Waals surface area contributed by atoms with Gasteiger partial charge >= 0.3 is 0 Å². The van der Waals surface area contributed by atoms with Crippen LogP contribution in [0.25, 0.3) is 0 Å². The molecule has 4 heteroatoms. The van der Waals surface area contributed by atoms with Gasteiger partial charge in [0, 0.05) is 25.2 Å². The van der Waals surface area contributed by atoms with Gasteiger partial charge in [0.15, 0.2) is 0 Å². The van der Waals surface area contributed by atoms with E-state index in [4.69, 9.17) is 0 Å². The summed E-state index contributed by atoms with van der Waals surface area (Å²) in [6.07, 6.45) is 1.13. The summed E-state index contributed by atoms with van der Waals surface area (Å²) < 4.78 is 14.2. The Bertz CT molecular complexity index is 395. The molecule has 2 rings (SSSR count). The second kappa shape index (κ2) is 5.52. The van der Waals surface area contributed by atoms with Crippen LogP contribution in [0.5, 0.6) is 0 Å². The van der Waals surface area contributed by atoms with E-state index >= 15 is 0 Å². The minimum absolute atomic E-state index is 0.122. The van der Waals surface area contributed by atoms with Crippen molar-refractivity contribution in [3.05, 3.63) is 27.6 Å². The molecule has 1 unspecified atom stereocenters. The second-order valence-corrected chi connectivity index (χ2v) is 5.90. The van der Waals surface area contributed by atoms with Crippen molar-refractivity contribution in [1.82, 2.24) is 5.32 Å². The fourth-order valence-electron chi connectivity index (χ4n) is 2.32. The quantitative estimate of drug-likeness (QED) is 0.845. The molecule has 1 aliphatic heterocycles. The van der Waals surface area contributed by atoms with Gasteiger partial charge in [0.25, 0.3) is 0 Å². The third-order valence-corrected chi connectivity index (χ3v) is 4.10. The molecular formula is C13H18FIN2. The van der Waals surface area contributed by atoms with Gasteiger partial charge in [0.1, 0.15) is 5.82 Å². The number of benzene rings is 1. The standard InChI is InChI=1S/C13H18FIN2/c1-9(2)16-10-6-7-17(8-10)12-5-3-4-11(14)13(12)15/h3-5,9-10,16H,6-8H2,1-2H3. The predicted molar refractivity (Wildman–Crippen MR) is 78.0 cm³/mol. The lowest BCUT2D eigenvalue weighted by molar-refractivity contribution is 0.492. The van der Waals surface area contributed by atoms with Crippen molar-refractivity contribution < 1.29 is 4.39 Å². The molecule has 1 N–H and O–H groups in total. The number of halogens is 2. The molecule has 1 aliphatic rings. The Kier molecular flexibility index (Phi) is 4.25. The monoisotopic (exact) mass is 348 g/mol. The average molecular weight is 348 g/mol. The fraction of sp³-hybridized carbons (Fsp3) is 0.538. The normalized spacial score (nSPS) is 20.3. The van der Waals surface area contributed by atoms with Crippen molar-refractivity contribution >= 4 is 28.3 Å².